The Morgan fingerprint density at radius 1 is 1.38 bits per heavy atom. The first-order valence-electron chi connectivity index (χ1n) is 8.19. The van der Waals surface area contributed by atoms with E-state index in [9.17, 15) is 0 Å². The fourth-order valence-corrected chi connectivity index (χ4v) is 4.43. The number of nitrogens with zero attached hydrogens (tertiary/aromatic N) is 3. The second-order valence-corrected chi connectivity index (χ2v) is 7.28. The molecule has 1 aliphatic carbocycles. The topological polar surface area (TPSA) is 84.4 Å². The average Bonchev–Trinajstić information content (AvgIpc) is 3.19. The number of aromatic nitrogens is 3. The highest BCUT2D eigenvalue weighted by molar-refractivity contribution is 5.86. The summed E-state index contributed by atoms with van der Waals surface area (Å²) in [6.45, 7) is 8.07. The first-order chi connectivity index (χ1) is 11.4. The maximum absolute atomic E-state index is 6.35. The Balaban J connectivity index is 1.64. The first kappa shape index (κ1) is 14.4. The molecule has 24 heavy (non-hydrogen) atoms. The van der Waals surface area contributed by atoms with E-state index >= 15 is 0 Å². The zero-order valence-electron chi connectivity index (χ0n) is 13.7. The van der Waals surface area contributed by atoms with Crippen molar-refractivity contribution in [3.63, 3.8) is 0 Å². The average molecular weight is 328 g/mol. The van der Waals surface area contributed by atoms with Crippen LogP contribution in [0.3, 0.4) is 0 Å². The Bertz CT molecular complexity index is 861. The molecule has 7 heteroatoms. The van der Waals surface area contributed by atoms with Gasteiger partial charge in [0, 0.05) is 6.20 Å². The van der Waals surface area contributed by atoms with E-state index in [0.29, 0.717) is 5.82 Å². The van der Waals surface area contributed by atoms with Crippen LogP contribution >= 0.6 is 0 Å². The van der Waals surface area contributed by atoms with E-state index in [0.717, 1.165) is 29.4 Å². The molecule has 0 amide bonds. The predicted octanol–water partition coefficient (Wildman–Crippen LogP) is 2.15. The van der Waals surface area contributed by atoms with E-state index in [1.165, 1.54) is 6.33 Å². The van der Waals surface area contributed by atoms with Crippen LogP contribution in [0.4, 0.5) is 5.82 Å². The number of hydrogen-bond donors (Lipinski definition) is 1. The van der Waals surface area contributed by atoms with Crippen LogP contribution in [0.15, 0.2) is 30.7 Å². The van der Waals surface area contributed by atoms with Gasteiger partial charge in [-0.3, -0.25) is 0 Å². The zero-order chi connectivity index (χ0) is 16.7. The number of rotatable bonds is 1. The van der Waals surface area contributed by atoms with Gasteiger partial charge in [-0.1, -0.05) is 6.58 Å². The molecule has 4 atom stereocenters. The Labute approximate surface area is 139 Å². The molecule has 0 unspecified atom stereocenters. The summed E-state index contributed by atoms with van der Waals surface area (Å²) >= 11 is 0. The summed E-state index contributed by atoms with van der Waals surface area (Å²) in [6, 6.07) is 1.91. The lowest BCUT2D eigenvalue weighted by Gasteiger charge is -2.27. The van der Waals surface area contributed by atoms with Gasteiger partial charge in [0.15, 0.2) is 12.0 Å². The second-order valence-electron chi connectivity index (χ2n) is 7.28. The molecule has 126 valence electrons. The van der Waals surface area contributed by atoms with E-state index in [1.54, 1.807) is 0 Å². The minimum Gasteiger partial charge on any atom is -0.383 e. The molecule has 0 aromatic carbocycles. The van der Waals surface area contributed by atoms with Crippen LogP contribution in [0, 0.1) is 0 Å². The van der Waals surface area contributed by atoms with E-state index in [-0.39, 0.29) is 18.4 Å². The third-order valence-corrected chi connectivity index (χ3v) is 5.33. The molecular weight excluding hydrogens is 308 g/mol. The molecule has 2 saturated heterocycles. The standard InChI is InChI=1S/C17H20N4O3/c1-9-4-6-17-11(9)22-15(12(17)23-16(2,3)24-17)21-7-5-10-13(18)19-8-20-14(10)21/h5,7-8,11-12,15H,1,4,6H2,2-3H3,(H2,18,19,20)/t11-,12+,15-,17-/m1/s1. The molecule has 3 aliphatic rings. The largest absolute Gasteiger partial charge is 0.383 e. The van der Waals surface area contributed by atoms with Gasteiger partial charge < -0.3 is 24.5 Å². The lowest BCUT2D eigenvalue weighted by molar-refractivity contribution is -0.204. The van der Waals surface area contributed by atoms with Crippen molar-refractivity contribution < 1.29 is 14.2 Å². The quantitative estimate of drug-likeness (QED) is 0.808. The first-order valence-corrected chi connectivity index (χ1v) is 8.19. The summed E-state index contributed by atoms with van der Waals surface area (Å²) in [5, 5.41) is 0.809. The van der Waals surface area contributed by atoms with Crippen LogP contribution in [0.1, 0.15) is 32.9 Å². The summed E-state index contributed by atoms with van der Waals surface area (Å²) in [5.41, 5.74) is 7.29. The van der Waals surface area contributed by atoms with Gasteiger partial charge in [0.25, 0.3) is 0 Å². The number of nitrogens with two attached hydrogens (primary N) is 1. The molecular formula is C17H20N4O3. The van der Waals surface area contributed by atoms with Crippen molar-refractivity contribution in [1.29, 1.82) is 0 Å². The summed E-state index contributed by atoms with van der Waals surface area (Å²) in [5.74, 6) is -0.188. The van der Waals surface area contributed by atoms with Crippen molar-refractivity contribution in [2.45, 2.75) is 56.5 Å². The molecule has 7 nitrogen and oxygen atoms in total. The molecule has 4 heterocycles. The highest BCUT2D eigenvalue weighted by Crippen LogP contribution is 2.58. The fourth-order valence-electron chi connectivity index (χ4n) is 4.43. The smallest absolute Gasteiger partial charge is 0.165 e. The number of ether oxygens (including phenoxy) is 3. The molecule has 3 fully saturated rings. The summed E-state index contributed by atoms with van der Waals surface area (Å²) in [7, 11) is 0. The summed E-state index contributed by atoms with van der Waals surface area (Å²) in [4.78, 5) is 8.43. The van der Waals surface area contributed by atoms with Gasteiger partial charge in [-0.15, -0.1) is 0 Å². The van der Waals surface area contributed by atoms with Crippen molar-refractivity contribution in [3.8, 4) is 0 Å². The SMILES string of the molecule is C=C1CC[C@]23OC(C)(C)O[C@H]2[C@H](n2ccc4c(N)ncnc42)O[C@H]13. The second kappa shape index (κ2) is 4.36. The number of anilines is 1. The lowest BCUT2D eigenvalue weighted by atomic mass is 9.94. The van der Waals surface area contributed by atoms with Gasteiger partial charge in [0.05, 0.1) is 5.39 Å². The summed E-state index contributed by atoms with van der Waals surface area (Å²) < 4.78 is 20.9. The molecule has 1 saturated carbocycles. The van der Waals surface area contributed by atoms with Gasteiger partial charge in [0.1, 0.15) is 35.6 Å². The van der Waals surface area contributed by atoms with Crippen LogP contribution in [-0.2, 0) is 14.2 Å². The maximum Gasteiger partial charge on any atom is 0.165 e. The monoisotopic (exact) mass is 328 g/mol. The van der Waals surface area contributed by atoms with E-state index in [2.05, 4.69) is 16.5 Å². The Morgan fingerprint density at radius 2 is 2.21 bits per heavy atom. The van der Waals surface area contributed by atoms with Gasteiger partial charge in [-0.05, 0) is 38.3 Å². The van der Waals surface area contributed by atoms with Gasteiger partial charge >= 0.3 is 0 Å². The number of fused-ring (bicyclic) bond motifs is 1. The zero-order valence-corrected chi connectivity index (χ0v) is 13.7. The Morgan fingerprint density at radius 3 is 3.04 bits per heavy atom. The minimum atomic E-state index is -0.646. The third kappa shape index (κ3) is 1.67. The van der Waals surface area contributed by atoms with Crippen molar-refractivity contribution in [1.82, 2.24) is 14.5 Å². The van der Waals surface area contributed by atoms with Gasteiger partial charge in [-0.25, -0.2) is 9.97 Å². The van der Waals surface area contributed by atoms with Crippen molar-refractivity contribution in [2.75, 3.05) is 5.73 Å². The van der Waals surface area contributed by atoms with E-state index < -0.39 is 11.4 Å². The summed E-state index contributed by atoms with van der Waals surface area (Å²) in [6.07, 6.45) is 4.43. The minimum absolute atomic E-state index is 0.161. The van der Waals surface area contributed by atoms with E-state index in [4.69, 9.17) is 19.9 Å². The molecule has 2 aliphatic heterocycles. The molecule has 2 N–H and O–H groups in total. The van der Waals surface area contributed by atoms with Crippen LogP contribution in [0.25, 0.3) is 11.0 Å². The van der Waals surface area contributed by atoms with Crippen molar-refractivity contribution in [2.24, 2.45) is 0 Å². The van der Waals surface area contributed by atoms with E-state index in [1.807, 2.05) is 30.7 Å². The fraction of sp³-hybridized carbons (Fsp3) is 0.529. The maximum atomic E-state index is 6.35. The molecule has 2 aromatic rings. The molecule has 5 rings (SSSR count). The normalized spacial score (nSPS) is 37.1. The van der Waals surface area contributed by atoms with Gasteiger partial charge in [0.2, 0.25) is 0 Å². The van der Waals surface area contributed by atoms with Gasteiger partial charge in [-0.2, -0.15) is 0 Å². The highest BCUT2D eigenvalue weighted by atomic mass is 16.8. The molecule has 0 bridgehead atoms. The Hall–Kier alpha value is -1.96. The van der Waals surface area contributed by atoms with Crippen molar-refractivity contribution in [3.05, 3.63) is 30.7 Å². The predicted molar refractivity (Wildman–Crippen MR) is 87.0 cm³/mol. The Kier molecular flexibility index (Phi) is 2.61. The molecule has 2 aromatic heterocycles. The molecule has 0 radical (unpaired) electrons. The van der Waals surface area contributed by atoms with Crippen LogP contribution in [0.2, 0.25) is 0 Å². The number of hydrogen-bond acceptors (Lipinski definition) is 6. The number of nitrogen functional groups attached to an aromatic ring is 1. The molecule has 1 spiro atoms. The third-order valence-electron chi connectivity index (χ3n) is 5.33. The lowest BCUT2D eigenvalue weighted by Crippen LogP contribution is -2.42. The highest BCUT2D eigenvalue weighted by Gasteiger charge is 2.68. The van der Waals surface area contributed by atoms with Crippen LogP contribution in [0.5, 0.6) is 0 Å². The van der Waals surface area contributed by atoms with Crippen LogP contribution in [-0.4, -0.2) is 38.1 Å². The van der Waals surface area contributed by atoms with Crippen LogP contribution < -0.4 is 5.73 Å². The van der Waals surface area contributed by atoms with Crippen molar-refractivity contribution >= 4 is 16.9 Å².